The molecule has 0 saturated carbocycles. The van der Waals surface area contributed by atoms with Crippen LogP contribution in [0.25, 0.3) is 44.0 Å². The third-order valence-corrected chi connectivity index (χ3v) is 5.28. The predicted octanol–water partition coefficient (Wildman–Crippen LogP) is 7.70. The van der Waals surface area contributed by atoms with Crippen LogP contribution in [0.4, 0.5) is 0 Å². The second-order valence-electron chi connectivity index (χ2n) is 8.87. The highest BCUT2D eigenvalue weighted by molar-refractivity contribution is 6.13. The first-order valence-electron chi connectivity index (χ1n) is 11.9. The van der Waals surface area contributed by atoms with Crippen LogP contribution in [0, 0.1) is 12.3 Å². The van der Waals surface area contributed by atoms with E-state index in [1.165, 1.54) is 0 Å². The van der Waals surface area contributed by atoms with Crippen molar-refractivity contribution in [3.05, 3.63) is 78.0 Å². The predicted molar refractivity (Wildman–Crippen MR) is 122 cm³/mol. The van der Waals surface area contributed by atoms with Crippen LogP contribution in [0.15, 0.2) is 71.3 Å². The molecule has 5 rings (SSSR count). The van der Waals surface area contributed by atoms with E-state index in [1.54, 1.807) is 0 Å². The molecule has 0 radical (unpaired) electrons. The van der Waals surface area contributed by atoms with Crippen LogP contribution < -0.4 is 0 Å². The minimum Gasteiger partial charge on any atom is -0.455 e. The van der Waals surface area contributed by atoms with Crippen molar-refractivity contribution in [1.29, 1.82) is 0 Å². The number of fused-ring (bicyclic) bond motifs is 4. The van der Waals surface area contributed by atoms with E-state index in [0.717, 1.165) is 32.7 Å². The second kappa shape index (κ2) is 6.45. The molecule has 29 heavy (non-hydrogen) atoms. The fourth-order valence-corrected chi connectivity index (χ4v) is 3.99. The highest BCUT2D eigenvalue weighted by Crippen LogP contribution is 2.37. The molecule has 2 nitrogen and oxygen atoms in total. The molecule has 3 aromatic carbocycles. The lowest BCUT2D eigenvalue weighted by Crippen LogP contribution is -2.10. The van der Waals surface area contributed by atoms with Crippen molar-refractivity contribution in [3.8, 4) is 11.3 Å². The summed E-state index contributed by atoms with van der Waals surface area (Å²) in [5.41, 5.74) is 3.32. The molecule has 0 N–H and O–H groups in total. The van der Waals surface area contributed by atoms with E-state index < -0.39 is 6.85 Å². The molecule has 0 saturated heterocycles. The first-order valence-corrected chi connectivity index (χ1v) is 9.87. The van der Waals surface area contributed by atoms with E-state index in [0.29, 0.717) is 23.3 Å². The number of rotatable bonds is 2. The maximum Gasteiger partial charge on any atom is 0.144 e. The van der Waals surface area contributed by atoms with E-state index in [1.807, 2.05) is 42.5 Å². The van der Waals surface area contributed by atoms with Crippen molar-refractivity contribution in [3.63, 3.8) is 0 Å². The minimum atomic E-state index is -2.39. The molecule has 0 aliphatic carbocycles. The molecule has 0 amide bonds. The van der Waals surface area contributed by atoms with Crippen LogP contribution in [0.3, 0.4) is 0 Å². The van der Waals surface area contributed by atoms with E-state index >= 15 is 0 Å². The first kappa shape index (κ1) is 13.9. The summed E-state index contributed by atoms with van der Waals surface area (Å²) in [6.45, 7) is 3.79. The molecule has 0 spiro atoms. The summed E-state index contributed by atoms with van der Waals surface area (Å²) in [6.07, 6.45) is 0.328. The van der Waals surface area contributed by atoms with Crippen LogP contribution in [0.1, 0.15) is 37.4 Å². The third-order valence-electron chi connectivity index (χ3n) is 5.28. The van der Waals surface area contributed by atoms with Crippen LogP contribution in [-0.2, 0) is 6.42 Å². The van der Waals surface area contributed by atoms with Crippen molar-refractivity contribution < 1.29 is 9.90 Å². The van der Waals surface area contributed by atoms with Crippen LogP contribution in [-0.4, -0.2) is 4.98 Å². The molecule has 0 atom stereocenters. The number of aromatic nitrogens is 1. The SMILES string of the molecule is [2H]c1nc(-c2cccc3c2oc2cc4ccccc4cc23)cc(CC(C)(C)C)c1C([2H])([2H])[2H]. The summed E-state index contributed by atoms with van der Waals surface area (Å²) in [6, 6.07) is 20.1. The number of hydrogen-bond donors (Lipinski definition) is 0. The van der Waals surface area contributed by atoms with E-state index in [-0.39, 0.29) is 17.2 Å². The Morgan fingerprint density at radius 2 is 1.76 bits per heavy atom. The Kier molecular flexibility index (Phi) is 3.10. The summed E-state index contributed by atoms with van der Waals surface area (Å²) in [4.78, 5) is 4.42. The Balaban J connectivity index is 1.77. The van der Waals surface area contributed by atoms with Gasteiger partial charge in [-0.2, -0.15) is 0 Å². The third kappa shape index (κ3) is 3.19. The molecule has 2 heteroatoms. The molecule has 0 unspecified atom stereocenters. The fourth-order valence-electron chi connectivity index (χ4n) is 3.99. The van der Waals surface area contributed by atoms with Gasteiger partial charge in [-0.1, -0.05) is 57.2 Å². The molecular formula is C27H25NO. The Hall–Kier alpha value is -3.13. The minimum absolute atomic E-state index is 0.0317. The fraction of sp³-hybridized carbons (Fsp3) is 0.222. The molecule has 0 fully saturated rings. The maximum absolute atomic E-state index is 8.48. The lowest BCUT2D eigenvalue weighted by Gasteiger charge is -2.20. The zero-order valence-corrected chi connectivity index (χ0v) is 16.8. The van der Waals surface area contributed by atoms with Crippen LogP contribution in [0.5, 0.6) is 0 Å². The maximum atomic E-state index is 8.48. The number of para-hydroxylation sites is 1. The van der Waals surface area contributed by atoms with Gasteiger partial charge in [0, 0.05) is 26.6 Å². The van der Waals surface area contributed by atoms with Crippen molar-refractivity contribution >= 4 is 32.7 Å². The quantitative estimate of drug-likeness (QED) is 0.312. The topological polar surface area (TPSA) is 26.0 Å². The normalized spacial score (nSPS) is 14.7. The molecule has 144 valence electrons. The number of hydrogen-bond acceptors (Lipinski definition) is 2. The monoisotopic (exact) mass is 383 g/mol. The van der Waals surface area contributed by atoms with Gasteiger partial charge in [-0.3, -0.25) is 4.98 Å². The lowest BCUT2D eigenvalue weighted by molar-refractivity contribution is 0.410. The summed E-state index contributed by atoms with van der Waals surface area (Å²) in [7, 11) is 0. The van der Waals surface area contributed by atoms with Gasteiger partial charge < -0.3 is 4.42 Å². The average Bonchev–Trinajstić information content (AvgIpc) is 3.07. The summed E-state index contributed by atoms with van der Waals surface area (Å²) in [5, 5.41) is 4.23. The van der Waals surface area contributed by atoms with Gasteiger partial charge in [-0.25, -0.2) is 0 Å². The molecular weight excluding hydrogens is 354 g/mol. The Morgan fingerprint density at radius 3 is 2.52 bits per heavy atom. The first-order chi connectivity index (χ1) is 15.5. The van der Waals surface area contributed by atoms with Crippen LogP contribution in [0.2, 0.25) is 0 Å². The Morgan fingerprint density at radius 1 is 0.966 bits per heavy atom. The number of nitrogens with zero attached hydrogens (tertiary/aromatic N) is 1. The molecule has 5 aromatic rings. The lowest BCUT2D eigenvalue weighted by atomic mass is 9.86. The standard InChI is InChI=1S/C27H25NO/c1-17-16-28-24(13-20(17)15-27(2,3)4)22-11-7-10-21-23-12-18-8-5-6-9-19(18)14-25(23)29-26(21)22/h5-14,16H,15H2,1-4H3/i1D3,16D. The van der Waals surface area contributed by atoms with Gasteiger partial charge in [0.2, 0.25) is 0 Å². The molecule has 2 heterocycles. The molecule has 2 aromatic heterocycles. The Labute approximate surface area is 176 Å². The summed E-state index contributed by atoms with van der Waals surface area (Å²) in [5.74, 6) is 0. The van der Waals surface area contributed by atoms with Gasteiger partial charge in [0.15, 0.2) is 0 Å². The van der Waals surface area contributed by atoms with E-state index in [2.05, 4.69) is 44.0 Å². The summed E-state index contributed by atoms with van der Waals surface area (Å²) < 4.78 is 38.7. The zero-order chi connectivity index (χ0) is 23.5. The Bertz CT molecular complexity index is 1520. The van der Waals surface area contributed by atoms with E-state index in [9.17, 15) is 0 Å². The molecule has 0 aliphatic rings. The smallest absolute Gasteiger partial charge is 0.144 e. The zero-order valence-electron chi connectivity index (χ0n) is 20.8. The van der Waals surface area contributed by atoms with Gasteiger partial charge in [0.05, 0.1) is 7.06 Å². The van der Waals surface area contributed by atoms with Gasteiger partial charge in [-0.15, -0.1) is 0 Å². The average molecular weight is 384 g/mol. The van der Waals surface area contributed by atoms with Crippen molar-refractivity contribution in [2.45, 2.75) is 34.0 Å². The van der Waals surface area contributed by atoms with Gasteiger partial charge in [-0.05, 0) is 64.9 Å². The van der Waals surface area contributed by atoms with Crippen molar-refractivity contribution in [1.82, 2.24) is 4.98 Å². The van der Waals surface area contributed by atoms with E-state index in [4.69, 9.17) is 9.90 Å². The highest BCUT2D eigenvalue weighted by Gasteiger charge is 2.17. The summed E-state index contributed by atoms with van der Waals surface area (Å²) >= 11 is 0. The molecule has 0 bridgehead atoms. The number of pyridine rings is 1. The largest absolute Gasteiger partial charge is 0.455 e. The van der Waals surface area contributed by atoms with Crippen LogP contribution >= 0.6 is 0 Å². The van der Waals surface area contributed by atoms with Crippen molar-refractivity contribution in [2.75, 3.05) is 0 Å². The number of benzene rings is 3. The number of furan rings is 1. The highest BCUT2D eigenvalue weighted by atomic mass is 16.3. The van der Waals surface area contributed by atoms with Crippen molar-refractivity contribution in [2.24, 2.45) is 5.41 Å². The van der Waals surface area contributed by atoms with Gasteiger partial charge in [0.25, 0.3) is 0 Å². The van der Waals surface area contributed by atoms with Gasteiger partial charge in [0.1, 0.15) is 11.2 Å². The molecule has 0 aliphatic heterocycles. The van der Waals surface area contributed by atoms with Gasteiger partial charge >= 0.3 is 0 Å². The second-order valence-corrected chi connectivity index (χ2v) is 8.87.